The molecule has 0 bridgehead atoms. The molecule has 0 spiro atoms. The molecule has 1 saturated heterocycles. The van der Waals surface area contributed by atoms with E-state index in [9.17, 15) is 4.39 Å². The molecule has 2 unspecified atom stereocenters. The fraction of sp³-hybridized carbons (Fsp3) is 1.00. The third-order valence-electron chi connectivity index (χ3n) is 2.53. The molecule has 72 valence electrons. The quantitative estimate of drug-likeness (QED) is 0.676. The second-order valence-corrected chi connectivity index (χ2v) is 4.66. The molecule has 1 fully saturated rings. The van der Waals surface area contributed by atoms with E-state index in [1.165, 1.54) is 6.42 Å². The summed E-state index contributed by atoms with van der Waals surface area (Å²) in [4.78, 5) is 0. The average molecular weight is 173 g/mol. The Balaban J connectivity index is 2.27. The molecule has 0 amide bonds. The van der Waals surface area contributed by atoms with Gasteiger partial charge in [-0.1, -0.05) is 13.8 Å². The van der Waals surface area contributed by atoms with Gasteiger partial charge in [0.15, 0.2) is 0 Å². The van der Waals surface area contributed by atoms with E-state index in [0.29, 0.717) is 18.5 Å². The van der Waals surface area contributed by atoms with Crippen molar-refractivity contribution < 1.29 is 4.39 Å². The van der Waals surface area contributed by atoms with Gasteiger partial charge in [0.05, 0.1) is 0 Å². The van der Waals surface area contributed by atoms with Crippen LogP contribution in [0.15, 0.2) is 0 Å². The molecule has 1 rings (SSSR count). The van der Waals surface area contributed by atoms with E-state index >= 15 is 0 Å². The molecular weight excluding hydrogens is 153 g/mol. The van der Waals surface area contributed by atoms with Crippen molar-refractivity contribution in [2.75, 3.05) is 6.54 Å². The standard InChI is InChI=1S/C10H20FN/c1-8(2)6-9-4-5-10(3,11)7-12-9/h8-9,12H,4-7H2,1-3H3. The predicted molar refractivity (Wildman–Crippen MR) is 50.0 cm³/mol. The SMILES string of the molecule is CC(C)CC1CCC(C)(F)CN1. The van der Waals surface area contributed by atoms with Crippen LogP contribution in [-0.4, -0.2) is 18.3 Å². The van der Waals surface area contributed by atoms with Gasteiger partial charge in [0.2, 0.25) is 0 Å². The Morgan fingerprint density at radius 2 is 2.25 bits per heavy atom. The highest BCUT2D eigenvalue weighted by Gasteiger charge is 2.30. The van der Waals surface area contributed by atoms with Crippen LogP contribution in [0.5, 0.6) is 0 Å². The van der Waals surface area contributed by atoms with Gasteiger partial charge >= 0.3 is 0 Å². The third-order valence-corrected chi connectivity index (χ3v) is 2.53. The molecule has 1 nitrogen and oxygen atoms in total. The van der Waals surface area contributed by atoms with E-state index < -0.39 is 5.67 Å². The summed E-state index contributed by atoms with van der Waals surface area (Å²) in [5.74, 6) is 0.714. The first-order chi connectivity index (χ1) is 5.49. The highest BCUT2D eigenvalue weighted by molar-refractivity contribution is 4.86. The molecule has 12 heavy (non-hydrogen) atoms. The van der Waals surface area contributed by atoms with Gasteiger partial charge < -0.3 is 5.32 Å². The number of nitrogens with one attached hydrogen (secondary N) is 1. The lowest BCUT2D eigenvalue weighted by atomic mass is 9.90. The van der Waals surface area contributed by atoms with Crippen molar-refractivity contribution in [3.05, 3.63) is 0 Å². The summed E-state index contributed by atoms with van der Waals surface area (Å²) in [5, 5.41) is 3.27. The van der Waals surface area contributed by atoms with Gasteiger partial charge in [-0.2, -0.15) is 0 Å². The highest BCUT2D eigenvalue weighted by Crippen LogP contribution is 2.24. The van der Waals surface area contributed by atoms with Crippen LogP contribution in [0.4, 0.5) is 4.39 Å². The van der Waals surface area contributed by atoms with Gasteiger partial charge in [0.1, 0.15) is 5.67 Å². The molecule has 0 saturated carbocycles. The lowest BCUT2D eigenvalue weighted by Crippen LogP contribution is -2.46. The number of halogens is 1. The smallest absolute Gasteiger partial charge is 0.120 e. The van der Waals surface area contributed by atoms with Crippen LogP contribution in [0.2, 0.25) is 0 Å². The normalized spacial score (nSPS) is 37.2. The van der Waals surface area contributed by atoms with Crippen LogP contribution >= 0.6 is 0 Å². The largest absolute Gasteiger partial charge is 0.311 e. The van der Waals surface area contributed by atoms with Crippen molar-refractivity contribution in [2.45, 2.75) is 51.7 Å². The van der Waals surface area contributed by atoms with Gasteiger partial charge in [-0.3, -0.25) is 0 Å². The van der Waals surface area contributed by atoms with Crippen LogP contribution in [0.1, 0.15) is 40.0 Å². The summed E-state index contributed by atoms with van der Waals surface area (Å²) >= 11 is 0. The third kappa shape index (κ3) is 3.10. The minimum Gasteiger partial charge on any atom is -0.311 e. The minimum absolute atomic E-state index is 0.532. The number of hydrogen-bond donors (Lipinski definition) is 1. The summed E-state index contributed by atoms with van der Waals surface area (Å²) < 4.78 is 13.3. The molecule has 0 aliphatic carbocycles. The second kappa shape index (κ2) is 3.73. The first-order valence-electron chi connectivity index (χ1n) is 4.92. The maximum atomic E-state index is 13.3. The molecule has 0 radical (unpaired) electrons. The average Bonchev–Trinajstić information content (AvgIpc) is 1.93. The summed E-state index contributed by atoms with van der Waals surface area (Å²) in [5.41, 5.74) is -0.965. The fourth-order valence-corrected chi connectivity index (χ4v) is 1.79. The fourth-order valence-electron chi connectivity index (χ4n) is 1.79. The molecule has 0 aromatic carbocycles. The van der Waals surface area contributed by atoms with Crippen LogP contribution in [-0.2, 0) is 0 Å². The summed E-state index contributed by atoms with van der Waals surface area (Å²) in [6.45, 7) is 6.64. The van der Waals surface area contributed by atoms with Crippen molar-refractivity contribution in [3.8, 4) is 0 Å². The monoisotopic (exact) mass is 173 g/mol. The molecular formula is C10H20FN. The molecule has 1 aliphatic rings. The highest BCUT2D eigenvalue weighted by atomic mass is 19.1. The van der Waals surface area contributed by atoms with E-state index in [0.717, 1.165) is 12.8 Å². The first-order valence-corrected chi connectivity index (χ1v) is 4.92. The van der Waals surface area contributed by atoms with Crippen LogP contribution in [0.25, 0.3) is 0 Å². The Morgan fingerprint density at radius 1 is 1.58 bits per heavy atom. The number of alkyl halides is 1. The van der Waals surface area contributed by atoms with Gasteiger partial charge in [0.25, 0.3) is 0 Å². The molecule has 1 heterocycles. The molecule has 0 aromatic rings. The second-order valence-electron chi connectivity index (χ2n) is 4.66. The Hall–Kier alpha value is -0.110. The molecule has 1 aliphatic heterocycles. The number of rotatable bonds is 2. The Labute approximate surface area is 74.7 Å². The Kier molecular flexibility index (Phi) is 3.10. The van der Waals surface area contributed by atoms with Crippen LogP contribution in [0.3, 0.4) is 0 Å². The van der Waals surface area contributed by atoms with E-state index in [1.807, 2.05) is 0 Å². The minimum atomic E-state index is -0.965. The maximum Gasteiger partial charge on any atom is 0.120 e. The van der Waals surface area contributed by atoms with E-state index in [2.05, 4.69) is 19.2 Å². The molecule has 2 atom stereocenters. The van der Waals surface area contributed by atoms with Crippen molar-refractivity contribution in [3.63, 3.8) is 0 Å². The predicted octanol–water partition coefficient (Wildman–Crippen LogP) is 2.51. The van der Waals surface area contributed by atoms with Crippen molar-refractivity contribution in [1.29, 1.82) is 0 Å². The number of piperidine rings is 1. The van der Waals surface area contributed by atoms with Crippen molar-refractivity contribution >= 4 is 0 Å². The molecule has 2 heteroatoms. The molecule has 0 aromatic heterocycles. The zero-order chi connectivity index (χ0) is 9.19. The van der Waals surface area contributed by atoms with Gasteiger partial charge in [0, 0.05) is 12.6 Å². The van der Waals surface area contributed by atoms with Crippen molar-refractivity contribution in [1.82, 2.24) is 5.32 Å². The Morgan fingerprint density at radius 3 is 2.67 bits per heavy atom. The topological polar surface area (TPSA) is 12.0 Å². The maximum absolute atomic E-state index is 13.3. The van der Waals surface area contributed by atoms with Gasteiger partial charge in [-0.25, -0.2) is 4.39 Å². The van der Waals surface area contributed by atoms with Crippen LogP contribution < -0.4 is 5.32 Å². The van der Waals surface area contributed by atoms with E-state index in [-0.39, 0.29) is 0 Å². The van der Waals surface area contributed by atoms with Crippen molar-refractivity contribution in [2.24, 2.45) is 5.92 Å². The summed E-state index contributed by atoms with van der Waals surface area (Å²) in [7, 11) is 0. The summed E-state index contributed by atoms with van der Waals surface area (Å²) in [6.07, 6.45) is 2.89. The van der Waals surface area contributed by atoms with E-state index in [4.69, 9.17) is 0 Å². The lowest BCUT2D eigenvalue weighted by molar-refractivity contribution is 0.119. The van der Waals surface area contributed by atoms with Gasteiger partial charge in [-0.15, -0.1) is 0 Å². The molecule has 1 N–H and O–H groups in total. The first kappa shape index (κ1) is 9.97. The lowest BCUT2D eigenvalue weighted by Gasteiger charge is -2.33. The zero-order valence-corrected chi connectivity index (χ0v) is 8.36. The Bertz CT molecular complexity index is 133. The zero-order valence-electron chi connectivity index (χ0n) is 8.36. The summed E-state index contributed by atoms with van der Waals surface area (Å²) in [6, 6.07) is 0.550. The van der Waals surface area contributed by atoms with Crippen LogP contribution in [0, 0.1) is 5.92 Å². The van der Waals surface area contributed by atoms with E-state index in [1.54, 1.807) is 6.92 Å². The van der Waals surface area contributed by atoms with Gasteiger partial charge in [-0.05, 0) is 32.1 Å². The number of hydrogen-bond acceptors (Lipinski definition) is 1.